The standard InChI is InChI=1S/C14H24N2O/c1-6-17-14(4,5)13(16-15)12-9-10(2)7-8-11(12)3/h7-9,13,16H,6,15H2,1-5H3. The Kier molecular flexibility index (Phi) is 4.69. The Bertz CT molecular complexity index is 374. The molecule has 0 aliphatic carbocycles. The van der Waals surface area contributed by atoms with E-state index in [4.69, 9.17) is 10.6 Å². The Morgan fingerprint density at radius 3 is 2.53 bits per heavy atom. The molecular weight excluding hydrogens is 212 g/mol. The van der Waals surface area contributed by atoms with Gasteiger partial charge in [-0.1, -0.05) is 23.8 Å². The molecule has 1 unspecified atom stereocenters. The molecule has 0 spiro atoms. The van der Waals surface area contributed by atoms with Crippen molar-refractivity contribution >= 4 is 0 Å². The maximum Gasteiger partial charge on any atom is 0.0833 e. The molecule has 96 valence electrons. The highest BCUT2D eigenvalue weighted by Gasteiger charge is 2.31. The van der Waals surface area contributed by atoms with Crippen molar-refractivity contribution in [2.24, 2.45) is 5.84 Å². The fourth-order valence-corrected chi connectivity index (χ4v) is 2.19. The number of hydrogen-bond acceptors (Lipinski definition) is 3. The van der Waals surface area contributed by atoms with Gasteiger partial charge in [-0.2, -0.15) is 0 Å². The van der Waals surface area contributed by atoms with Crippen molar-refractivity contribution in [1.82, 2.24) is 5.43 Å². The van der Waals surface area contributed by atoms with E-state index >= 15 is 0 Å². The van der Waals surface area contributed by atoms with E-state index in [0.29, 0.717) is 6.61 Å². The van der Waals surface area contributed by atoms with Gasteiger partial charge in [-0.25, -0.2) is 0 Å². The van der Waals surface area contributed by atoms with Crippen LogP contribution in [0.15, 0.2) is 18.2 Å². The summed E-state index contributed by atoms with van der Waals surface area (Å²) in [7, 11) is 0. The molecule has 1 aromatic carbocycles. The number of ether oxygens (including phenoxy) is 1. The molecule has 0 heterocycles. The topological polar surface area (TPSA) is 47.3 Å². The van der Waals surface area contributed by atoms with Gasteiger partial charge >= 0.3 is 0 Å². The van der Waals surface area contributed by atoms with Crippen LogP contribution in [0.1, 0.15) is 43.5 Å². The summed E-state index contributed by atoms with van der Waals surface area (Å²) in [4.78, 5) is 0. The van der Waals surface area contributed by atoms with E-state index < -0.39 is 0 Å². The van der Waals surface area contributed by atoms with Crippen LogP contribution in [0.5, 0.6) is 0 Å². The lowest BCUT2D eigenvalue weighted by Gasteiger charge is -2.35. The van der Waals surface area contributed by atoms with Crippen molar-refractivity contribution < 1.29 is 4.74 Å². The number of aryl methyl sites for hydroxylation is 2. The Labute approximate surface area is 104 Å². The third kappa shape index (κ3) is 3.28. The molecule has 3 nitrogen and oxygen atoms in total. The molecule has 3 heteroatoms. The number of nitrogens with one attached hydrogen (secondary N) is 1. The van der Waals surface area contributed by atoms with Crippen molar-refractivity contribution in [2.75, 3.05) is 6.61 Å². The molecule has 0 bridgehead atoms. The van der Waals surface area contributed by atoms with Gasteiger partial charge in [0.25, 0.3) is 0 Å². The fourth-order valence-electron chi connectivity index (χ4n) is 2.19. The highest BCUT2D eigenvalue weighted by atomic mass is 16.5. The summed E-state index contributed by atoms with van der Waals surface area (Å²) in [5.74, 6) is 5.71. The quantitative estimate of drug-likeness (QED) is 0.610. The molecule has 0 fully saturated rings. The first kappa shape index (κ1) is 14.2. The van der Waals surface area contributed by atoms with Crippen molar-refractivity contribution in [2.45, 2.75) is 46.3 Å². The number of hydrogen-bond donors (Lipinski definition) is 2. The highest BCUT2D eigenvalue weighted by Crippen LogP contribution is 2.30. The molecule has 0 saturated carbocycles. The van der Waals surface area contributed by atoms with Gasteiger partial charge in [-0.15, -0.1) is 0 Å². The van der Waals surface area contributed by atoms with Gasteiger partial charge in [-0.3, -0.25) is 11.3 Å². The molecular formula is C14H24N2O. The minimum absolute atomic E-state index is 0.0117. The number of hydrazine groups is 1. The summed E-state index contributed by atoms with van der Waals surface area (Å²) in [6, 6.07) is 6.39. The van der Waals surface area contributed by atoms with Gasteiger partial charge in [0.2, 0.25) is 0 Å². The van der Waals surface area contributed by atoms with Crippen LogP contribution in [0.3, 0.4) is 0 Å². The number of benzene rings is 1. The van der Waals surface area contributed by atoms with E-state index in [9.17, 15) is 0 Å². The van der Waals surface area contributed by atoms with Crippen LogP contribution in [0.25, 0.3) is 0 Å². The molecule has 0 aliphatic heterocycles. The van der Waals surface area contributed by atoms with Crippen LogP contribution in [0.4, 0.5) is 0 Å². The van der Waals surface area contributed by atoms with E-state index in [1.54, 1.807) is 0 Å². The summed E-state index contributed by atoms with van der Waals surface area (Å²) in [6.07, 6.45) is 0. The predicted octanol–water partition coefficient (Wildman–Crippen LogP) is 2.62. The maximum absolute atomic E-state index is 5.79. The molecule has 0 aromatic heterocycles. The van der Waals surface area contributed by atoms with Crippen LogP contribution in [-0.4, -0.2) is 12.2 Å². The lowest BCUT2D eigenvalue weighted by Crippen LogP contribution is -2.45. The second-order valence-electron chi connectivity index (χ2n) is 5.00. The lowest BCUT2D eigenvalue weighted by atomic mass is 9.88. The molecule has 1 atom stereocenters. The third-order valence-corrected chi connectivity index (χ3v) is 3.12. The molecule has 0 amide bonds. The van der Waals surface area contributed by atoms with Gasteiger partial charge in [0.05, 0.1) is 11.6 Å². The first-order valence-electron chi connectivity index (χ1n) is 6.09. The number of rotatable bonds is 5. The highest BCUT2D eigenvalue weighted by molar-refractivity contribution is 5.34. The summed E-state index contributed by atoms with van der Waals surface area (Å²) in [5.41, 5.74) is 6.22. The monoisotopic (exact) mass is 236 g/mol. The zero-order chi connectivity index (χ0) is 13.1. The summed E-state index contributed by atoms with van der Waals surface area (Å²) >= 11 is 0. The lowest BCUT2D eigenvalue weighted by molar-refractivity contribution is -0.0394. The summed E-state index contributed by atoms with van der Waals surface area (Å²) < 4.78 is 5.79. The average Bonchev–Trinajstić information content (AvgIpc) is 2.23. The van der Waals surface area contributed by atoms with Crippen molar-refractivity contribution in [1.29, 1.82) is 0 Å². The normalized spacial score (nSPS) is 13.8. The Morgan fingerprint density at radius 2 is 2.00 bits per heavy atom. The van der Waals surface area contributed by atoms with Gasteiger partial charge in [0.15, 0.2) is 0 Å². The molecule has 0 saturated heterocycles. The second kappa shape index (κ2) is 5.63. The average molecular weight is 236 g/mol. The van der Waals surface area contributed by atoms with Crippen LogP contribution in [0, 0.1) is 13.8 Å². The summed E-state index contributed by atoms with van der Waals surface area (Å²) in [5, 5.41) is 0. The van der Waals surface area contributed by atoms with E-state index in [1.807, 2.05) is 6.92 Å². The van der Waals surface area contributed by atoms with Gasteiger partial charge < -0.3 is 4.74 Å². The van der Waals surface area contributed by atoms with Crippen molar-refractivity contribution in [3.63, 3.8) is 0 Å². The molecule has 0 radical (unpaired) electrons. The van der Waals surface area contributed by atoms with Crippen molar-refractivity contribution in [3.05, 3.63) is 34.9 Å². The second-order valence-corrected chi connectivity index (χ2v) is 5.00. The molecule has 0 aliphatic rings. The first-order valence-corrected chi connectivity index (χ1v) is 6.09. The van der Waals surface area contributed by atoms with E-state index in [0.717, 1.165) is 0 Å². The van der Waals surface area contributed by atoms with Gasteiger partial charge in [0.1, 0.15) is 0 Å². The van der Waals surface area contributed by atoms with Gasteiger partial charge in [0, 0.05) is 6.61 Å². The predicted molar refractivity (Wildman–Crippen MR) is 71.7 cm³/mol. The van der Waals surface area contributed by atoms with Crippen LogP contribution in [0.2, 0.25) is 0 Å². The minimum Gasteiger partial charge on any atom is -0.374 e. The van der Waals surface area contributed by atoms with Gasteiger partial charge in [-0.05, 0) is 45.7 Å². The maximum atomic E-state index is 5.79. The van der Waals surface area contributed by atoms with E-state index in [1.165, 1.54) is 16.7 Å². The number of nitrogens with two attached hydrogens (primary N) is 1. The van der Waals surface area contributed by atoms with E-state index in [2.05, 4.69) is 51.3 Å². The van der Waals surface area contributed by atoms with Crippen LogP contribution < -0.4 is 11.3 Å². The summed E-state index contributed by atoms with van der Waals surface area (Å²) in [6.45, 7) is 11.0. The Hall–Kier alpha value is -0.900. The molecule has 1 rings (SSSR count). The van der Waals surface area contributed by atoms with E-state index in [-0.39, 0.29) is 11.6 Å². The zero-order valence-corrected chi connectivity index (χ0v) is 11.5. The van der Waals surface area contributed by atoms with Crippen LogP contribution >= 0.6 is 0 Å². The molecule has 1 aromatic rings. The molecule has 3 N–H and O–H groups in total. The minimum atomic E-state index is -0.331. The largest absolute Gasteiger partial charge is 0.374 e. The zero-order valence-electron chi connectivity index (χ0n) is 11.5. The Balaban J connectivity index is 3.13. The SMILES string of the molecule is CCOC(C)(C)C(NN)c1cc(C)ccc1C. The van der Waals surface area contributed by atoms with Crippen LogP contribution in [-0.2, 0) is 4.74 Å². The smallest absolute Gasteiger partial charge is 0.0833 e. The van der Waals surface area contributed by atoms with Crippen molar-refractivity contribution in [3.8, 4) is 0 Å². The fraction of sp³-hybridized carbons (Fsp3) is 0.571. The first-order chi connectivity index (χ1) is 7.92. The molecule has 17 heavy (non-hydrogen) atoms. The third-order valence-electron chi connectivity index (χ3n) is 3.12. The Morgan fingerprint density at radius 1 is 1.35 bits per heavy atom.